The Kier molecular flexibility index (Phi) is 3.77. The van der Waals surface area contributed by atoms with E-state index < -0.39 is 23.7 Å². The number of aryl methyl sites for hydroxylation is 1. The molecule has 0 saturated heterocycles. The van der Waals surface area contributed by atoms with Crippen molar-refractivity contribution < 1.29 is 13.9 Å². The number of aliphatic hydroxyl groups is 1. The Morgan fingerprint density at radius 3 is 2.59 bits per heavy atom. The van der Waals surface area contributed by atoms with E-state index in [0.717, 1.165) is 19.3 Å². The minimum Gasteiger partial charge on any atom is -0.392 e. The third-order valence-corrected chi connectivity index (χ3v) is 3.67. The molecule has 1 saturated carbocycles. The van der Waals surface area contributed by atoms with Gasteiger partial charge in [0.25, 0.3) is 0 Å². The Morgan fingerprint density at radius 1 is 1.12 bits per heavy atom. The predicted octanol–water partition coefficient (Wildman–Crippen LogP) is 3.68. The summed E-state index contributed by atoms with van der Waals surface area (Å²) in [6.45, 7) is 1.63. The summed E-state index contributed by atoms with van der Waals surface area (Å²) in [7, 11) is 0. The molecular weight excluding hydrogens is 222 g/mol. The van der Waals surface area contributed by atoms with Crippen LogP contribution in [0.4, 0.5) is 8.78 Å². The second-order valence-electron chi connectivity index (χ2n) is 4.90. The van der Waals surface area contributed by atoms with Crippen LogP contribution in [0.15, 0.2) is 12.1 Å². The highest BCUT2D eigenvalue weighted by atomic mass is 19.1. The van der Waals surface area contributed by atoms with Gasteiger partial charge in [0, 0.05) is 11.5 Å². The molecule has 1 aromatic rings. The van der Waals surface area contributed by atoms with Crippen LogP contribution in [0.1, 0.15) is 49.1 Å². The van der Waals surface area contributed by atoms with Gasteiger partial charge in [0.2, 0.25) is 0 Å². The first-order chi connectivity index (χ1) is 8.11. The highest BCUT2D eigenvalue weighted by molar-refractivity contribution is 5.30. The average molecular weight is 240 g/mol. The third kappa shape index (κ3) is 2.49. The van der Waals surface area contributed by atoms with E-state index in [9.17, 15) is 13.9 Å². The Labute approximate surface area is 100 Å². The Morgan fingerprint density at radius 2 is 1.82 bits per heavy atom. The zero-order chi connectivity index (χ0) is 12.4. The van der Waals surface area contributed by atoms with Gasteiger partial charge in [0.15, 0.2) is 0 Å². The highest BCUT2D eigenvalue weighted by Gasteiger charge is 2.28. The summed E-state index contributed by atoms with van der Waals surface area (Å²) in [6.07, 6.45) is 3.57. The van der Waals surface area contributed by atoms with Crippen molar-refractivity contribution in [1.82, 2.24) is 0 Å². The molecule has 3 heteroatoms. The number of hydrogen-bond acceptors (Lipinski definition) is 1. The standard InChI is InChI=1S/C14H18F2O/c1-9-7-8-11(15)13(14(9)16)10-5-3-2-4-6-12(10)17/h7-8,10,12,17H,2-6H2,1H3. The van der Waals surface area contributed by atoms with E-state index >= 15 is 0 Å². The lowest BCUT2D eigenvalue weighted by Gasteiger charge is -2.22. The third-order valence-electron chi connectivity index (χ3n) is 3.67. The molecule has 1 aromatic carbocycles. The normalized spacial score (nSPS) is 25.6. The van der Waals surface area contributed by atoms with Crippen molar-refractivity contribution in [3.8, 4) is 0 Å². The summed E-state index contributed by atoms with van der Waals surface area (Å²) in [5.74, 6) is -1.41. The lowest BCUT2D eigenvalue weighted by atomic mass is 9.88. The van der Waals surface area contributed by atoms with E-state index in [0.29, 0.717) is 18.4 Å². The Bertz CT molecular complexity index is 403. The monoisotopic (exact) mass is 240 g/mol. The zero-order valence-electron chi connectivity index (χ0n) is 10.0. The smallest absolute Gasteiger partial charge is 0.132 e. The summed E-state index contributed by atoms with van der Waals surface area (Å²) in [6, 6.07) is 2.74. The van der Waals surface area contributed by atoms with Crippen LogP contribution in [0.2, 0.25) is 0 Å². The van der Waals surface area contributed by atoms with Crippen LogP contribution < -0.4 is 0 Å². The van der Waals surface area contributed by atoms with Gasteiger partial charge in [0.1, 0.15) is 11.6 Å². The van der Waals surface area contributed by atoms with Crippen molar-refractivity contribution in [3.63, 3.8) is 0 Å². The number of halogens is 2. The molecule has 1 aliphatic carbocycles. The fourth-order valence-corrected chi connectivity index (χ4v) is 2.64. The van der Waals surface area contributed by atoms with Crippen molar-refractivity contribution in [1.29, 1.82) is 0 Å². The molecule has 0 amide bonds. The van der Waals surface area contributed by atoms with Gasteiger partial charge in [0.05, 0.1) is 6.10 Å². The second kappa shape index (κ2) is 5.13. The summed E-state index contributed by atoms with van der Waals surface area (Å²) in [4.78, 5) is 0. The molecule has 0 aromatic heterocycles. The summed E-state index contributed by atoms with van der Waals surface area (Å²) >= 11 is 0. The average Bonchev–Trinajstić information content (AvgIpc) is 2.50. The first kappa shape index (κ1) is 12.5. The molecule has 1 fully saturated rings. The highest BCUT2D eigenvalue weighted by Crippen LogP contribution is 2.35. The van der Waals surface area contributed by atoms with Gasteiger partial charge < -0.3 is 5.11 Å². The van der Waals surface area contributed by atoms with Crippen LogP contribution in [-0.4, -0.2) is 11.2 Å². The molecule has 0 radical (unpaired) electrons. The van der Waals surface area contributed by atoms with Gasteiger partial charge >= 0.3 is 0 Å². The molecule has 17 heavy (non-hydrogen) atoms. The molecule has 94 valence electrons. The van der Waals surface area contributed by atoms with Crippen LogP contribution in [0.3, 0.4) is 0 Å². The summed E-state index contributed by atoms with van der Waals surface area (Å²) in [5.41, 5.74) is 0.525. The fourth-order valence-electron chi connectivity index (χ4n) is 2.64. The van der Waals surface area contributed by atoms with E-state index in [1.54, 1.807) is 6.92 Å². The number of hydrogen-bond donors (Lipinski definition) is 1. The van der Waals surface area contributed by atoms with Crippen molar-refractivity contribution >= 4 is 0 Å². The number of benzene rings is 1. The SMILES string of the molecule is Cc1ccc(F)c(C2CCCCCC2O)c1F. The van der Waals surface area contributed by atoms with Gasteiger partial charge in [-0.15, -0.1) is 0 Å². The largest absolute Gasteiger partial charge is 0.392 e. The van der Waals surface area contributed by atoms with E-state index in [1.165, 1.54) is 12.1 Å². The zero-order valence-corrected chi connectivity index (χ0v) is 10.0. The molecule has 0 heterocycles. The molecule has 1 aliphatic rings. The van der Waals surface area contributed by atoms with Gasteiger partial charge in [-0.05, 0) is 31.4 Å². The Balaban J connectivity index is 2.40. The van der Waals surface area contributed by atoms with Crippen LogP contribution in [-0.2, 0) is 0 Å². The maximum absolute atomic E-state index is 14.0. The van der Waals surface area contributed by atoms with Crippen LogP contribution >= 0.6 is 0 Å². The fraction of sp³-hybridized carbons (Fsp3) is 0.571. The quantitative estimate of drug-likeness (QED) is 0.742. The van der Waals surface area contributed by atoms with Crippen LogP contribution in [0.5, 0.6) is 0 Å². The minimum atomic E-state index is -0.622. The molecule has 0 aliphatic heterocycles. The van der Waals surface area contributed by atoms with Crippen molar-refractivity contribution in [2.45, 2.75) is 51.0 Å². The lowest BCUT2D eigenvalue weighted by molar-refractivity contribution is 0.132. The van der Waals surface area contributed by atoms with Gasteiger partial charge in [-0.25, -0.2) is 8.78 Å². The first-order valence-corrected chi connectivity index (χ1v) is 6.24. The van der Waals surface area contributed by atoms with Gasteiger partial charge in [-0.3, -0.25) is 0 Å². The molecule has 1 nitrogen and oxygen atoms in total. The first-order valence-electron chi connectivity index (χ1n) is 6.24. The van der Waals surface area contributed by atoms with Crippen LogP contribution in [0.25, 0.3) is 0 Å². The lowest BCUT2D eigenvalue weighted by Crippen LogP contribution is -2.19. The van der Waals surface area contributed by atoms with Crippen molar-refractivity contribution in [2.75, 3.05) is 0 Å². The summed E-state index contributed by atoms with van der Waals surface area (Å²) < 4.78 is 27.8. The van der Waals surface area contributed by atoms with Crippen molar-refractivity contribution in [3.05, 3.63) is 34.9 Å². The van der Waals surface area contributed by atoms with E-state index in [-0.39, 0.29) is 5.56 Å². The molecule has 2 atom stereocenters. The van der Waals surface area contributed by atoms with Gasteiger partial charge in [-0.2, -0.15) is 0 Å². The maximum atomic E-state index is 14.0. The molecule has 2 rings (SSSR count). The maximum Gasteiger partial charge on any atom is 0.132 e. The Hall–Kier alpha value is -0.960. The minimum absolute atomic E-state index is 0.0828. The molecule has 0 bridgehead atoms. The number of rotatable bonds is 1. The molecule has 0 spiro atoms. The van der Waals surface area contributed by atoms with Crippen molar-refractivity contribution in [2.24, 2.45) is 0 Å². The number of aliphatic hydroxyl groups excluding tert-OH is 1. The van der Waals surface area contributed by atoms with E-state index in [2.05, 4.69) is 0 Å². The summed E-state index contributed by atoms with van der Waals surface area (Å²) in [5, 5.41) is 10.0. The molecular formula is C14H18F2O. The van der Waals surface area contributed by atoms with Gasteiger partial charge in [-0.1, -0.05) is 25.3 Å². The molecule has 2 unspecified atom stereocenters. The van der Waals surface area contributed by atoms with Crippen LogP contribution in [0, 0.1) is 18.6 Å². The van der Waals surface area contributed by atoms with E-state index in [4.69, 9.17) is 0 Å². The topological polar surface area (TPSA) is 20.2 Å². The predicted molar refractivity (Wildman–Crippen MR) is 62.9 cm³/mol. The molecule has 1 N–H and O–H groups in total. The second-order valence-corrected chi connectivity index (χ2v) is 4.90. The van der Waals surface area contributed by atoms with E-state index in [1.807, 2.05) is 0 Å².